The van der Waals surface area contributed by atoms with E-state index < -0.39 is 0 Å². The topological polar surface area (TPSA) is 21.3 Å². The van der Waals surface area contributed by atoms with Crippen LogP contribution >= 0.6 is 12.8 Å². The summed E-state index contributed by atoms with van der Waals surface area (Å²) in [5.74, 6) is 0.882. The van der Waals surface area contributed by atoms with Crippen molar-refractivity contribution < 1.29 is 4.74 Å². The van der Waals surface area contributed by atoms with Crippen molar-refractivity contribution in [1.29, 1.82) is 0 Å². The van der Waals surface area contributed by atoms with Crippen LogP contribution in [0, 0.1) is 0 Å². The smallest absolute Gasteiger partial charge is 0.118 e. The first-order valence-electron chi connectivity index (χ1n) is 3.36. The molecule has 0 radical (unpaired) electrons. The van der Waals surface area contributed by atoms with Crippen LogP contribution < -0.4 is 9.46 Å². The van der Waals surface area contributed by atoms with Gasteiger partial charge in [-0.2, -0.15) is 0 Å². The first-order chi connectivity index (χ1) is 5.36. The summed E-state index contributed by atoms with van der Waals surface area (Å²) in [6, 6.07) is 7.87. The number of thiol groups is 1. The average Bonchev–Trinajstić information content (AvgIpc) is 2.07. The van der Waals surface area contributed by atoms with Gasteiger partial charge in [-0.05, 0) is 17.7 Å². The molecule has 0 aliphatic heterocycles. The van der Waals surface area contributed by atoms with Crippen molar-refractivity contribution >= 4 is 12.8 Å². The molecule has 60 valence electrons. The largest absolute Gasteiger partial charge is 0.497 e. The highest BCUT2D eigenvalue weighted by Crippen LogP contribution is 2.10. The van der Waals surface area contributed by atoms with Crippen molar-refractivity contribution in [1.82, 2.24) is 4.72 Å². The Hall–Kier alpha value is -0.670. The molecular formula is C8H11NOS. The van der Waals surface area contributed by atoms with Gasteiger partial charge in [0.05, 0.1) is 7.11 Å². The van der Waals surface area contributed by atoms with Crippen molar-refractivity contribution in [2.45, 2.75) is 6.54 Å². The van der Waals surface area contributed by atoms with Crippen LogP contribution in [0.1, 0.15) is 5.56 Å². The predicted octanol–water partition coefficient (Wildman–Crippen LogP) is 1.63. The molecule has 0 fully saturated rings. The van der Waals surface area contributed by atoms with Gasteiger partial charge >= 0.3 is 0 Å². The van der Waals surface area contributed by atoms with Crippen LogP contribution in [0.2, 0.25) is 0 Å². The molecule has 1 aromatic carbocycles. The van der Waals surface area contributed by atoms with E-state index in [1.54, 1.807) is 7.11 Å². The van der Waals surface area contributed by atoms with E-state index in [4.69, 9.17) is 4.74 Å². The van der Waals surface area contributed by atoms with Crippen LogP contribution in [0.5, 0.6) is 5.75 Å². The Balaban J connectivity index is 2.66. The summed E-state index contributed by atoms with van der Waals surface area (Å²) < 4.78 is 7.78. The second-order valence-corrected chi connectivity index (χ2v) is 2.50. The van der Waals surface area contributed by atoms with Gasteiger partial charge in [-0.3, -0.25) is 4.72 Å². The van der Waals surface area contributed by atoms with Gasteiger partial charge in [-0.15, -0.1) is 0 Å². The molecule has 0 aliphatic rings. The number of rotatable bonds is 3. The monoisotopic (exact) mass is 169 g/mol. The summed E-state index contributed by atoms with van der Waals surface area (Å²) in [5, 5.41) is 0. The molecule has 0 saturated carbocycles. The molecule has 0 unspecified atom stereocenters. The third-order valence-electron chi connectivity index (χ3n) is 1.44. The standard InChI is InChI=1S/C8H11NOS/c1-10-8-4-2-7(3-5-8)6-9-11/h2-5,9,11H,6H2,1H3. The number of hydrogen-bond donors (Lipinski definition) is 2. The quantitative estimate of drug-likeness (QED) is 0.671. The Morgan fingerprint density at radius 3 is 2.45 bits per heavy atom. The van der Waals surface area contributed by atoms with E-state index in [2.05, 4.69) is 17.5 Å². The van der Waals surface area contributed by atoms with Gasteiger partial charge in [0.2, 0.25) is 0 Å². The molecule has 0 spiro atoms. The molecule has 0 amide bonds. The Morgan fingerprint density at radius 1 is 1.36 bits per heavy atom. The van der Waals surface area contributed by atoms with Crippen molar-refractivity contribution in [3.63, 3.8) is 0 Å². The van der Waals surface area contributed by atoms with Crippen molar-refractivity contribution in [2.75, 3.05) is 7.11 Å². The van der Waals surface area contributed by atoms with Crippen LogP contribution in [-0.4, -0.2) is 7.11 Å². The number of hydrogen-bond acceptors (Lipinski definition) is 3. The summed E-state index contributed by atoms with van der Waals surface area (Å²) in [6.07, 6.45) is 0. The van der Waals surface area contributed by atoms with E-state index in [1.165, 1.54) is 5.56 Å². The molecule has 0 atom stereocenters. The van der Waals surface area contributed by atoms with E-state index in [9.17, 15) is 0 Å². The van der Waals surface area contributed by atoms with E-state index >= 15 is 0 Å². The van der Waals surface area contributed by atoms with Gasteiger partial charge in [-0.25, -0.2) is 0 Å². The molecule has 3 heteroatoms. The third-order valence-corrected chi connectivity index (χ3v) is 1.60. The summed E-state index contributed by atoms with van der Waals surface area (Å²) in [5.41, 5.74) is 1.20. The Bertz CT molecular complexity index is 210. The molecular weight excluding hydrogens is 158 g/mol. The zero-order valence-corrected chi connectivity index (χ0v) is 7.27. The van der Waals surface area contributed by atoms with Crippen molar-refractivity contribution in [2.24, 2.45) is 0 Å². The van der Waals surface area contributed by atoms with Crippen LogP contribution in [0.25, 0.3) is 0 Å². The summed E-state index contributed by atoms with van der Waals surface area (Å²) in [6.45, 7) is 0.771. The highest BCUT2D eigenvalue weighted by molar-refractivity contribution is 7.78. The lowest BCUT2D eigenvalue weighted by molar-refractivity contribution is 0.414. The first kappa shape index (κ1) is 8.43. The number of benzene rings is 1. The zero-order chi connectivity index (χ0) is 8.10. The average molecular weight is 169 g/mol. The van der Waals surface area contributed by atoms with Crippen LogP contribution in [0.4, 0.5) is 0 Å². The van der Waals surface area contributed by atoms with Gasteiger partial charge in [0, 0.05) is 6.54 Å². The minimum Gasteiger partial charge on any atom is -0.497 e. The van der Waals surface area contributed by atoms with Gasteiger partial charge in [0.25, 0.3) is 0 Å². The van der Waals surface area contributed by atoms with Crippen LogP contribution in [0.15, 0.2) is 24.3 Å². The van der Waals surface area contributed by atoms with Crippen molar-refractivity contribution in [3.8, 4) is 5.75 Å². The molecule has 2 nitrogen and oxygen atoms in total. The molecule has 11 heavy (non-hydrogen) atoms. The minimum atomic E-state index is 0.771. The fraction of sp³-hybridized carbons (Fsp3) is 0.250. The summed E-state index contributed by atoms with van der Waals surface area (Å²) in [4.78, 5) is 0. The lowest BCUT2D eigenvalue weighted by atomic mass is 10.2. The normalized spacial score (nSPS) is 9.64. The first-order valence-corrected chi connectivity index (χ1v) is 3.81. The van der Waals surface area contributed by atoms with Crippen molar-refractivity contribution in [3.05, 3.63) is 29.8 Å². The highest BCUT2D eigenvalue weighted by Gasteiger charge is 1.91. The molecule has 1 rings (SSSR count). The minimum absolute atomic E-state index is 0.771. The summed E-state index contributed by atoms with van der Waals surface area (Å²) in [7, 11) is 1.66. The lowest BCUT2D eigenvalue weighted by Gasteiger charge is -2.01. The number of ether oxygens (including phenoxy) is 1. The summed E-state index contributed by atoms with van der Waals surface area (Å²) >= 11 is 3.90. The Labute approximate surface area is 72.1 Å². The van der Waals surface area contributed by atoms with E-state index in [-0.39, 0.29) is 0 Å². The maximum absolute atomic E-state index is 5.01. The molecule has 1 N–H and O–H groups in total. The molecule has 0 saturated heterocycles. The number of methoxy groups -OCH3 is 1. The second-order valence-electron chi connectivity index (χ2n) is 2.18. The van der Waals surface area contributed by atoms with Gasteiger partial charge in [-0.1, -0.05) is 24.9 Å². The maximum atomic E-state index is 5.01. The van der Waals surface area contributed by atoms with E-state index in [1.807, 2.05) is 24.3 Å². The molecule has 0 heterocycles. The molecule has 1 aromatic rings. The molecule has 0 aliphatic carbocycles. The SMILES string of the molecule is COc1ccc(CNS)cc1. The fourth-order valence-corrected chi connectivity index (χ4v) is 1.02. The predicted molar refractivity (Wildman–Crippen MR) is 48.8 cm³/mol. The number of nitrogens with one attached hydrogen (secondary N) is 1. The van der Waals surface area contributed by atoms with Gasteiger partial charge in [0.15, 0.2) is 0 Å². The molecule has 0 aromatic heterocycles. The van der Waals surface area contributed by atoms with Gasteiger partial charge < -0.3 is 4.74 Å². The van der Waals surface area contributed by atoms with Gasteiger partial charge in [0.1, 0.15) is 5.75 Å². The second kappa shape index (κ2) is 4.26. The van der Waals surface area contributed by atoms with E-state index in [0.29, 0.717) is 0 Å². The van der Waals surface area contributed by atoms with Crippen LogP contribution in [0.3, 0.4) is 0 Å². The maximum Gasteiger partial charge on any atom is 0.118 e. The molecule has 0 bridgehead atoms. The Kier molecular flexibility index (Phi) is 3.26. The third kappa shape index (κ3) is 2.44. The zero-order valence-electron chi connectivity index (χ0n) is 6.37. The van der Waals surface area contributed by atoms with Crippen LogP contribution in [-0.2, 0) is 6.54 Å². The highest BCUT2D eigenvalue weighted by atomic mass is 32.1. The van der Waals surface area contributed by atoms with E-state index in [0.717, 1.165) is 12.3 Å². The Morgan fingerprint density at radius 2 is 2.00 bits per heavy atom. The lowest BCUT2D eigenvalue weighted by Crippen LogP contribution is -1.97. The fourth-order valence-electron chi connectivity index (χ4n) is 0.835.